The van der Waals surface area contributed by atoms with Crippen LogP contribution in [0.25, 0.3) is 0 Å². The molecule has 120 valence electrons. The number of nitrogens with zero attached hydrogens (tertiary/aromatic N) is 1. The zero-order valence-corrected chi connectivity index (χ0v) is 13.5. The number of amides is 1. The molecule has 0 aromatic heterocycles. The smallest absolute Gasteiger partial charge is 0.227 e. The Morgan fingerprint density at radius 3 is 2.45 bits per heavy atom. The summed E-state index contributed by atoms with van der Waals surface area (Å²) in [5.41, 5.74) is 1.32. The average molecular weight is 323 g/mol. The van der Waals surface area contributed by atoms with Gasteiger partial charge in [-0.2, -0.15) is 0 Å². The molecule has 3 rings (SSSR count). The third kappa shape index (κ3) is 3.67. The van der Waals surface area contributed by atoms with E-state index in [-0.39, 0.29) is 23.3 Å². The van der Waals surface area contributed by atoms with Crippen molar-refractivity contribution in [3.63, 3.8) is 0 Å². The average Bonchev–Trinajstić information content (AvgIpc) is 2.88. The van der Waals surface area contributed by atoms with Gasteiger partial charge >= 0.3 is 0 Å². The Bertz CT molecular complexity index is 622. The highest BCUT2D eigenvalue weighted by Crippen LogP contribution is 2.20. The number of hydrogen-bond acceptors (Lipinski definition) is 3. The third-order valence-electron chi connectivity index (χ3n) is 4.66. The molecule has 0 spiro atoms. The van der Waals surface area contributed by atoms with Crippen LogP contribution in [0.5, 0.6) is 0 Å². The second-order valence-corrected chi connectivity index (χ2v) is 8.57. The van der Waals surface area contributed by atoms with Crippen molar-refractivity contribution in [1.29, 1.82) is 0 Å². The van der Waals surface area contributed by atoms with E-state index in [0.29, 0.717) is 6.42 Å². The number of nitrogens with one attached hydrogen (secondary N) is 1. The fourth-order valence-corrected chi connectivity index (χ4v) is 5.09. The zero-order valence-electron chi connectivity index (χ0n) is 12.7. The maximum absolute atomic E-state index is 12.4. The quantitative estimate of drug-likeness (QED) is 0.804. The van der Waals surface area contributed by atoms with Crippen LogP contribution in [0.2, 0.25) is 0 Å². The van der Waals surface area contributed by atoms with Crippen molar-refractivity contribution in [1.82, 2.24) is 4.90 Å². The summed E-state index contributed by atoms with van der Waals surface area (Å²) in [4.78, 5) is 15.7. The second-order valence-electron chi connectivity index (χ2n) is 6.34. The Kier molecular flexibility index (Phi) is 4.49. The number of carbonyl (C=O) groups is 1. The molecule has 22 heavy (non-hydrogen) atoms. The van der Waals surface area contributed by atoms with E-state index in [2.05, 4.69) is 24.3 Å². The molecule has 1 atom stereocenters. The van der Waals surface area contributed by atoms with Crippen molar-refractivity contribution in [2.75, 3.05) is 37.7 Å². The number of sulfone groups is 1. The molecule has 1 N–H and O–H groups in total. The van der Waals surface area contributed by atoms with Crippen LogP contribution in [0.4, 0.5) is 0 Å². The summed E-state index contributed by atoms with van der Waals surface area (Å²) in [5.74, 6) is -0.0496. The van der Waals surface area contributed by atoms with Gasteiger partial charge in [-0.25, -0.2) is 8.42 Å². The summed E-state index contributed by atoms with van der Waals surface area (Å²) in [6.45, 7) is 4.32. The Labute approximate surface area is 131 Å². The van der Waals surface area contributed by atoms with Crippen LogP contribution < -0.4 is 4.90 Å². The van der Waals surface area contributed by atoms with E-state index in [1.807, 2.05) is 11.0 Å². The van der Waals surface area contributed by atoms with Gasteiger partial charge in [0.05, 0.1) is 43.6 Å². The van der Waals surface area contributed by atoms with Crippen LogP contribution in [-0.2, 0) is 21.2 Å². The molecule has 2 saturated heterocycles. The van der Waals surface area contributed by atoms with Crippen LogP contribution in [0.1, 0.15) is 12.0 Å². The van der Waals surface area contributed by atoms with Crippen molar-refractivity contribution in [3.8, 4) is 0 Å². The number of hydrogen-bond donors (Lipinski definition) is 1. The highest BCUT2D eigenvalue weighted by Gasteiger charge is 2.36. The van der Waals surface area contributed by atoms with E-state index < -0.39 is 9.84 Å². The minimum atomic E-state index is -2.98. The highest BCUT2D eigenvalue weighted by molar-refractivity contribution is 7.91. The number of rotatable bonds is 3. The summed E-state index contributed by atoms with van der Waals surface area (Å²) < 4.78 is 23.0. The summed E-state index contributed by atoms with van der Waals surface area (Å²) in [5, 5.41) is 0. The largest absolute Gasteiger partial charge is 0.331 e. The molecule has 6 heteroatoms. The van der Waals surface area contributed by atoms with Crippen molar-refractivity contribution in [2.45, 2.75) is 13.0 Å². The van der Waals surface area contributed by atoms with Gasteiger partial charge in [0.2, 0.25) is 5.91 Å². The minimum Gasteiger partial charge on any atom is -0.331 e. The van der Waals surface area contributed by atoms with Crippen molar-refractivity contribution < 1.29 is 18.1 Å². The van der Waals surface area contributed by atoms with E-state index >= 15 is 0 Å². The Balaban J connectivity index is 1.50. The number of benzene rings is 1. The second kappa shape index (κ2) is 6.38. The van der Waals surface area contributed by atoms with E-state index in [0.717, 1.165) is 32.7 Å². The SMILES string of the molecule is O=C([C@@H]1CCS(=O)(=O)C1)N1CC[NH+](Cc2ccccc2)CC1. The molecular formula is C16H23N2O3S+. The van der Waals surface area contributed by atoms with Crippen molar-refractivity contribution >= 4 is 15.7 Å². The van der Waals surface area contributed by atoms with Gasteiger partial charge in [-0.05, 0) is 6.42 Å². The Hall–Kier alpha value is -1.40. The first-order valence-electron chi connectivity index (χ1n) is 7.90. The third-order valence-corrected chi connectivity index (χ3v) is 6.43. The van der Waals surface area contributed by atoms with Crippen LogP contribution in [0.3, 0.4) is 0 Å². The molecule has 2 aliphatic rings. The van der Waals surface area contributed by atoms with Gasteiger partial charge in [-0.1, -0.05) is 30.3 Å². The molecular weight excluding hydrogens is 300 g/mol. The minimum absolute atomic E-state index is 0.0415. The fourth-order valence-electron chi connectivity index (χ4n) is 3.35. The Morgan fingerprint density at radius 2 is 1.86 bits per heavy atom. The van der Waals surface area contributed by atoms with Crippen molar-refractivity contribution in [2.24, 2.45) is 5.92 Å². The van der Waals surface area contributed by atoms with Crippen LogP contribution in [-0.4, -0.2) is 56.9 Å². The normalized spacial score (nSPS) is 25.3. The number of carbonyl (C=O) groups excluding carboxylic acids is 1. The van der Waals surface area contributed by atoms with Crippen LogP contribution in [0, 0.1) is 5.92 Å². The summed E-state index contributed by atoms with van der Waals surface area (Å²) >= 11 is 0. The van der Waals surface area contributed by atoms with Gasteiger partial charge < -0.3 is 9.80 Å². The summed E-state index contributed by atoms with van der Waals surface area (Å²) in [6.07, 6.45) is 0.498. The van der Waals surface area contributed by atoms with E-state index in [9.17, 15) is 13.2 Å². The first-order chi connectivity index (χ1) is 10.5. The topological polar surface area (TPSA) is 58.9 Å². The maximum atomic E-state index is 12.4. The fraction of sp³-hybridized carbons (Fsp3) is 0.562. The number of quaternary nitrogens is 1. The van der Waals surface area contributed by atoms with E-state index in [1.54, 1.807) is 0 Å². The van der Waals surface area contributed by atoms with Gasteiger partial charge in [0.25, 0.3) is 0 Å². The lowest BCUT2D eigenvalue weighted by atomic mass is 10.1. The lowest BCUT2D eigenvalue weighted by Gasteiger charge is -2.33. The van der Waals surface area contributed by atoms with Crippen LogP contribution in [0.15, 0.2) is 30.3 Å². The molecule has 5 nitrogen and oxygen atoms in total. The lowest BCUT2D eigenvalue weighted by molar-refractivity contribution is -0.917. The monoisotopic (exact) mass is 323 g/mol. The maximum Gasteiger partial charge on any atom is 0.227 e. The first-order valence-corrected chi connectivity index (χ1v) is 9.72. The predicted octanol–water partition coefficient (Wildman–Crippen LogP) is -0.652. The molecule has 0 unspecified atom stereocenters. The highest BCUT2D eigenvalue weighted by atomic mass is 32.2. The van der Waals surface area contributed by atoms with Gasteiger partial charge in [-0.3, -0.25) is 4.79 Å². The number of piperazine rings is 1. The molecule has 1 aromatic rings. The molecule has 0 aliphatic carbocycles. The molecule has 0 saturated carbocycles. The van der Waals surface area contributed by atoms with E-state index in [4.69, 9.17) is 0 Å². The molecule has 2 aliphatic heterocycles. The zero-order chi connectivity index (χ0) is 15.6. The Morgan fingerprint density at radius 1 is 1.18 bits per heavy atom. The molecule has 0 radical (unpaired) electrons. The van der Waals surface area contributed by atoms with Crippen molar-refractivity contribution in [3.05, 3.63) is 35.9 Å². The van der Waals surface area contributed by atoms with E-state index in [1.165, 1.54) is 10.5 Å². The van der Waals surface area contributed by atoms with Gasteiger partial charge in [0.1, 0.15) is 6.54 Å². The lowest BCUT2D eigenvalue weighted by Crippen LogP contribution is -3.13. The molecule has 1 aromatic carbocycles. The predicted molar refractivity (Wildman–Crippen MR) is 84.2 cm³/mol. The molecule has 2 heterocycles. The first kappa shape index (κ1) is 15.5. The standard InChI is InChI=1S/C16H22N2O3S/c19-16(15-6-11-22(20,21)13-15)18-9-7-17(8-10-18)12-14-4-2-1-3-5-14/h1-5,15H,6-13H2/p+1/t15-/m1/s1. The van der Waals surface area contributed by atoms with Gasteiger partial charge in [0.15, 0.2) is 9.84 Å². The molecule has 0 bridgehead atoms. The summed E-state index contributed by atoms with van der Waals surface area (Å²) in [6, 6.07) is 10.4. The van der Waals surface area contributed by atoms with Crippen LogP contribution >= 0.6 is 0 Å². The molecule has 2 fully saturated rings. The van der Waals surface area contributed by atoms with Gasteiger partial charge in [-0.15, -0.1) is 0 Å². The molecule has 1 amide bonds. The summed E-state index contributed by atoms with van der Waals surface area (Å²) in [7, 11) is -2.98. The van der Waals surface area contributed by atoms with Gasteiger partial charge in [0, 0.05) is 5.56 Å².